The maximum absolute atomic E-state index is 13.8. The van der Waals surface area contributed by atoms with Gasteiger partial charge in [0.15, 0.2) is 0 Å². The number of rotatable bonds is 5. The molecule has 10 heteroatoms. The summed E-state index contributed by atoms with van der Waals surface area (Å²) in [6, 6.07) is 8.02. The highest BCUT2D eigenvalue weighted by Gasteiger charge is 2.31. The van der Waals surface area contributed by atoms with Crippen molar-refractivity contribution >= 4 is 27.3 Å². The number of nitrogens with zero attached hydrogens (tertiary/aromatic N) is 2. The molecule has 0 aromatic heterocycles. The van der Waals surface area contributed by atoms with Gasteiger partial charge in [-0.2, -0.15) is 4.31 Å². The van der Waals surface area contributed by atoms with Crippen LogP contribution in [-0.2, 0) is 10.0 Å². The number of sulfonamides is 1. The molecule has 0 radical (unpaired) electrons. The van der Waals surface area contributed by atoms with Crippen molar-refractivity contribution in [2.24, 2.45) is 0 Å². The Bertz CT molecular complexity index is 1040. The highest BCUT2D eigenvalue weighted by molar-refractivity contribution is 7.89. The fraction of sp³-hybridized carbons (Fsp3) is 0.316. The number of carbonyl (C=O) groups excluding carboxylic acids is 1. The van der Waals surface area contributed by atoms with E-state index in [0.29, 0.717) is 6.54 Å². The Hall–Kier alpha value is -2.85. The van der Waals surface area contributed by atoms with Crippen LogP contribution >= 0.6 is 0 Å². The van der Waals surface area contributed by atoms with Gasteiger partial charge in [-0.25, -0.2) is 12.8 Å². The number of nitrogens with one attached hydrogen (secondary N) is 1. The van der Waals surface area contributed by atoms with Crippen LogP contribution in [0.4, 0.5) is 15.8 Å². The number of benzene rings is 2. The molecule has 29 heavy (non-hydrogen) atoms. The van der Waals surface area contributed by atoms with Crippen LogP contribution in [0.15, 0.2) is 47.4 Å². The van der Waals surface area contributed by atoms with Gasteiger partial charge >= 0.3 is 0 Å². The van der Waals surface area contributed by atoms with Crippen LogP contribution in [0.3, 0.4) is 0 Å². The number of carbonyl (C=O) groups is 1. The van der Waals surface area contributed by atoms with E-state index >= 15 is 0 Å². The molecule has 1 aliphatic rings. The van der Waals surface area contributed by atoms with Gasteiger partial charge in [-0.1, -0.05) is 6.42 Å². The van der Waals surface area contributed by atoms with E-state index in [1.54, 1.807) is 0 Å². The highest BCUT2D eigenvalue weighted by atomic mass is 32.2. The van der Waals surface area contributed by atoms with Gasteiger partial charge in [0.25, 0.3) is 11.6 Å². The van der Waals surface area contributed by atoms with E-state index in [-0.39, 0.29) is 27.9 Å². The Balaban J connectivity index is 1.79. The topological polar surface area (TPSA) is 110 Å². The zero-order valence-electron chi connectivity index (χ0n) is 15.7. The molecule has 8 nitrogen and oxygen atoms in total. The predicted octanol–water partition coefficient (Wildman–Crippen LogP) is 3.55. The van der Waals surface area contributed by atoms with E-state index in [1.165, 1.54) is 28.6 Å². The average Bonchev–Trinajstić information content (AvgIpc) is 2.69. The Morgan fingerprint density at radius 2 is 1.90 bits per heavy atom. The number of hydrogen-bond acceptors (Lipinski definition) is 5. The number of halogens is 1. The molecule has 2 aromatic rings. The quantitative estimate of drug-likeness (QED) is 0.586. The molecule has 1 fully saturated rings. The molecule has 1 aliphatic heterocycles. The lowest BCUT2D eigenvalue weighted by Crippen LogP contribution is -2.41. The van der Waals surface area contributed by atoms with Gasteiger partial charge in [-0.05, 0) is 50.1 Å². The first-order valence-electron chi connectivity index (χ1n) is 9.07. The molecule has 0 aliphatic carbocycles. The van der Waals surface area contributed by atoms with Crippen LogP contribution < -0.4 is 5.32 Å². The SMILES string of the molecule is CC1CCCCN1S(=O)(=O)c1ccc(C(=O)Nc2cc([N+](=O)[O-])ccc2F)cc1. The summed E-state index contributed by atoms with van der Waals surface area (Å²) in [7, 11) is -3.67. The second-order valence-electron chi connectivity index (χ2n) is 6.86. The second kappa shape index (κ2) is 8.26. The minimum atomic E-state index is -3.67. The van der Waals surface area contributed by atoms with Crippen LogP contribution in [0.2, 0.25) is 0 Å². The standard InChI is InChI=1S/C19H20FN3O5S/c1-13-4-2-3-11-22(13)29(27,28)16-8-5-14(6-9-16)19(24)21-18-12-15(23(25)26)7-10-17(18)20/h5-10,12-13H,2-4,11H2,1H3,(H,21,24). The number of piperidine rings is 1. The van der Waals surface area contributed by atoms with Crippen LogP contribution in [0.1, 0.15) is 36.5 Å². The third-order valence-corrected chi connectivity index (χ3v) is 6.90. The minimum Gasteiger partial charge on any atom is -0.319 e. The summed E-state index contributed by atoms with van der Waals surface area (Å²) in [5.41, 5.74) is -0.594. The lowest BCUT2D eigenvalue weighted by atomic mass is 10.1. The van der Waals surface area contributed by atoms with Crippen molar-refractivity contribution in [3.63, 3.8) is 0 Å². The maximum atomic E-state index is 13.8. The molecule has 1 amide bonds. The lowest BCUT2D eigenvalue weighted by Gasteiger charge is -2.32. The Morgan fingerprint density at radius 3 is 2.52 bits per heavy atom. The fourth-order valence-electron chi connectivity index (χ4n) is 3.26. The van der Waals surface area contributed by atoms with Gasteiger partial charge in [-0.15, -0.1) is 0 Å². The van der Waals surface area contributed by atoms with E-state index in [9.17, 15) is 27.7 Å². The van der Waals surface area contributed by atoms with Crippen LogP contribution in [0, 0.1) is 15.9 Å². The molecule has 0 saturated carbocycles. The van der Waals surface area contributed by atoms with Gasteiger partial charge < -0.3 is 5.32 Å². The summed E-state index contributed by atoms with van der Waals surface area (Å²) >= 11 is 0. The van der Waals surface area contributed by atoms with Crippen molar-refractivity contribution in [3.8, 4) is 0 Å². The zero-order valence-corrected chi connectivity index (χ0v) is 16.5. The number of nitro groups is 1. The Kier molecular flexibility index (Phi) is 5.94. The number of nitro benzene ring substituents is 1. The highest BCUT2D eigenvalue weighted by Crippen LogP contribution is 2.26. The monoisotopic (exact) mass is 421 g/mol. The molecule has 3 rings (SSSR count). The summed E-state index contributed by atoms with van der Waals surface area (Å²) in [5, 5.41) is 13.1. The van der Waals surface area contributed by atoms with Gasteiger partial charge in [0, 0.05) is 30.3 Å². The molecule has 0 spiro atoms. The molecule has 0 bridgehead atoms. The smallest absolute Gasteiger partial charge is 0.271 e. The molecule has 1 atom stereocenters. The zero-order chi connectivity index (χ0) is 21.2. The molecule has 1 N–H and O–H groups in total. The Labute approximate surface area is 167 Å². The lowest BCUT2D eigenvalue weighted by molar-refractivity contribution is -0.384. The number of hydrogen-bond donors (Lipinski definition) is 1. The van der Waals surface area contributed by atoms with Crippen molar-refractivity contribution in [3.05, 3.63) is 64.0 Å². The van der Waals surface area contributed by atoms with E-state index in [0.717, 1.165) is 37.5 Å². The van der Waals surface area contributed by atoms with Gasteiger partial charge in [0.05, 0.1) is 15.5 Å². The maximum Gasteiger partial charge on any atom is 0.271 e. The first-order chi connectivity index (χ1) is 13.7. The van der Waals surface area contributed by atoms with Crippen molar-refractivity contribution < 1.29 is 22.5 Å². The normalized spacial score (nSPS) is 17.7. The van der Waals surface area contributed by atoms with Crippen molar-refractivity contribution in [1.82, 2.24) is 4.31 Å². The second-order valence-corrected chi connectivity index (χ2v) is 8.75. The summed E-state index contributed by atoms with van der Waals surface area (Å²) in [6.07, 6.45) is 2.59. The van der Waals surface area contributed by atoms with E-state index < -0.39 is 26.7 Å². The van der Waals surface area contributed by atoms with Crippen LogP contribution in [0.5, 0.6) is 0 Å². The predicted molar refractivity (Wildman–Crippen MR) is 105 cm³/mol. The van der Waals surface area contributed by atoms with Gasteiger partial charge in [0.1, 0.15) is 5.82 Å². The van der Waals surface area contributed by atoms with E-state index in [4.69, 9.17) is 0 Å². The van der Waals surface area contributed by atoms with Crippen LogP contribution in [-0.4, -0.2) is 36.1 Å². The summed E-state index contributed by atoms with van der Waals surface area (Å²) in [4.78, 5) is 22.5. The summed E-state index contributed by atoms with van der Waals surface area (Å²) in [6.45, 7) is 2.32. The third-order valence-electron chi connectivity index (χ3n) is 4.87. The number of amides is 1. The summed E-state index contributed by atoms with van der Waals surface area (Å²) < 4.78 is 41.0. The first kappa shape index (κ1) is 20.9. The van der Waals surface area contributed by atoms with E-state index in [2.05, 4.69) is 5.32 Å². The third kappa shape index (κ3) is 4.43. The number of anilines is 1. The Morgan fingerprint density at radius 1 is 1.21 bits per heavy atom. The molecule has 154 valence electrons. The van der Waals surface area contributed by atoms with Gasteiger partial charge in [-0.3, -0.25) is 14.9 Å². The first-order valence-corrected chi connectivity index (χ1v) is 10.5. The number of non-ortho nitro benzene ring substituents is 1. The summed E-state index contributed by atoms with van der Waals surface area (Å²) in [5.74, 6) is -1.53. The molecule has 2 aromatic carbocycles. The van der Waals surface area contributed by atoms with E-state index in [1.807, 2.05) is 6.92 Å². The fourth-order valence-corrected chi connectivity index (χ4v) is 4.96. The molecular weight excluding hydrogens is 401 g/mol. The molecule has 1 unspecified atom stereocenters. The van der Waals surface area contributed by atoms with Gasteiger partial charge in [0.2, 0.25) is 10.0 Å². The molecular formula is C19H20FN3O5S. The molecule has 1 heterocycles. The van der Waals surface area contributed by atoms with Crippen molar-refractivity contribution in [2.75, 3.05) is 11.9 Å². The van der Waals surface area contributed by atoms with Crippen molar-refractivity contribution in [2.45, 2.75) is 37.1 Å². The largest absolute Gasteiger partial charge is 0.319 e. The van der Waals surface area contributed by atoms with Crippen molar-refractivity contribution in [1.29, 1.82) is 0 Å². The molecule has 1 saturated heterocycles. The average molecular weight is 421 g/mol. The minimum absolute atomic E-state index is 0.0735. The van der Waals surface area contributed by atoms with Crippen LogP contribution in [0.25, 0.3) is 0 Å².